The highest BCUT2D eigenvalue weighted by Gasteiger charge is 2.33. The van der Waals surface area contributed by atoms with E-state index in [1.807, 2.05) is 0 Å². The number of aliphatic imine (C=N–C) groups is 1. The number of benzene rings is 4. The second kappa shape index (κ2) is 13.8. The highest BCUT2D eigenvalue weighted by atomic mass is 79.9. The molecule has 11 heteroatoms. The molecule has 1 N–H and O–H groups in total. The fourth-order valence-electron chi connectivity index (χ4n) is 4.33. The number of halogens is 2. The first-order chi connectivity index (χ1) is 21.2. The van der Waals surface area contributed by atoms with Gasteiger partial charge in [0.1, 0.15) is 18.2 Å². The Morgan fingerprint density at radius 3 is 2.41 bits per heavy atom. The van der Waals surface area contributed by atoms with Gasteiger partial charge in [-0.1, -0.05) is 24.3 Å². The molecule has 1 aliphatic rings. The molecule has 1 heterocycles. The first-order valence-electron chi connectivity index (χ1n) is 13.2. The third-order valence-corrected chi connectivity index (χ3v) is 8.14. The van der Waals surface area contributed by atoms with E-state index in [-0.39, 0.29) is 30.4 Å². The zero-order valence-electron chi connectivity index (χ0n) is 23.6. The number of ether oxygens (including phenoxy) is 3. The molecule has 4 aromatic rings. The predicted octanol–water partition coefficient (Wildman–Crippen LogP) is 7.69. The Morgan fingerprint density at radius 1 is 1.00 bits per heavy atom. The van der Waals surface area contributed by atoms with Gasteiger partial charge in [-0.15, -0.1) is 0 Å². The number of nitrogens with zero attached hydrogens (tertiary/aromatic N) is 2. The van der Waals surface area contributed by atoms with E-state index in [0.717, 1.165) is 5.56 Å². The number of amidine groups is 1. The van der Waals surface area contributed by atoms with E-state index in [1.54, 1.807) is 78.7 Å². The van der Waals surface area contributed by atoms with Gasteiger partial charge in [-0.05, 0) is 111 Å². The lowest BCUT2D eigenvalue weighted by atomic mass is 10.1. The number of rotatable bonds is 10. The first-order valence-corrected chi connectivity index (χ1v) is 14.9. The number of carboxylic acids is 1. The normalized spacial score (nSPS) is 14.7. The molecule has 1 aliphatic heterocycles. The van der Waals surface area contributed by atoms with Gasteiger partial charge in [-0.25, -0.2) is 14.2 Å². The van der Waals surface area contributed by atoms with Crippen molar-refractivity contribution < 1.29 is 33.3 Å². The third kappa shape index (κ3) is 7.29. The van der Waals surface area contributed by atoms with Crippen LogP contribution < -0.4 is 14.2 Å². The molecule has 0 radical (unpaired) electrons. The maximum Gasteiger partial charge on any atom is 0.335 e. The Morgan fingerprint density at radius 2 is 1.75 bits per heavy atom. The summed E-state index contributed by atoms with van der Waals surface area (Å²) in [4.78, 5) is 31.7. The average Bonchev–Trinajstić information content (AvgIpc) is 3.29. The van der Waals surface area contributed by atoms with Gasteiger partial charge in [0.05, 0.1) is 41.4 Å². The average molecular weight is 678 g/mol. The smallest absolute Gasteiger partial charge is 0.335 e. The van der Waals surface area contributed by atoms with E-state index in [4.69, 9.17) is 19.2 Å². The molecule has 4 aromatic carbocycles. The lowest BCUT2D eigenvalue weighted by Crippen LogP contribution is -2.28. The van der Waals surface area contributed by atoms with Crippen molar-refractivity contribution in [3.63, 3.8) is 0 Å². The number of hydrogen-bond acceptors (Lipinski definition) is 7. The summed E-state index contributed by atoms with van der Waals surface area (Å²) in [6.45, 7) is 0.326. The number of aromatic carboxylic acids is 1. The molecule has 0 saturated carbocycles. The van der Waals surface area contributed by atoms with Gasteiger partial charge in [0, 0.05) is 0 Å². The van der Waals surface area contributed by atoms with Crippen LogP contribution in [0.2, 0.25) is 0 Å². The summed E-state index contributed by atoms with van der Waals surface area (Å²) >= 11 is 4.77. The molecule has 1 amide bonds. The quantitative estimate of drug-likeness (QED) is 0.172. The number of carboxylic acid groups (broad SMARTS) is 1. The van der Waals surface area contributed by atoms with Crippen LogP contribution in [0.4, 0.5) is 10.1 Å². The van der Waals surface area contributed by atoms with Crippen LogP contribution in [0.25, 0.3) is 6.08 Å². The van der Waals surface area contributed by atoms with Crippen LogP contribution in [0.15, 0.2) is 99.3 Å². The summed E-state index contributed by atoms with van der Waals surface area (Å²) in [6.07, 6.45) is 1.74. The number of hydrogen-bond donors (Lipinski definition) is 1. The van der Waals surface area contributed by atoms with Crippen molar-refractivity contribution in [2.24, 2.45) is 4.99 Å². The number of amides is 1. The summed E-state index contributed by atoms with van der Waals surface area (Å²) in [5, 5.41) is 9.72. The second-order valence-corrected chi connectivity index (χ2v) is 11.4. The zero-order chi connectivity index (χ0) is 31.2. The first kappa shape index (κ1) is 30.8. The van der Waals surface area contributed by atoms with Crippen LogP contribution in [-0.2, 0) is 17.9 Å². The maximum atomic E-state index is 13.7. The fourth-order valence-corrected chi connectivity index (χ4v) is 5.90. The van der Waals surface area contributed by atoms with E-state index in [0.29, 0.717) is 48.6 Å². The number of carbonyl (C=O) groups is 2. The van der Waals surface area contributed by atoms with Crippen molar-refractivity contribution in [2.75, 3.05) is 14.2 Å². The lowest BCUT2D eigenvalue weighted by Gasteiger charge is -2.16. The molecule has 0 unspecified atom stereocenters. The Hall–Kier alpha value is -4.61. The van der Waals surface area contributed by atoms with Crippen LogP contribution in [0.5, 0.6) is 17.2 Å². The van der Waals surface area contributed by atoms with Gasteiger partial charge in [0.2, 0.25) is 0 Å². The Kier molecular flexibility index (Phi) is 9.66. The van der Waals surface area contributed by atoms with E-state index < -0.39 is 5.97 Å². The summed E-state index contributed by atoms with van der Waals surface area (Å²) in [5.74, 6) is -0.0746. The van der Waals surface area contributed by atoms with Crippen molar-refractivity contribution >= 4 is 56.5 Å². The number of carbonyl (C=O) groups excluding carboxylic acids is 1. The monoisotopic (exact) mass is 676 g/mol. The predicted molar refractivity (Wildman–Crippen MR) is 171 cm³/mol. The molecule has 5 rings (SSSR count). The number of methoxy groups -OCH3 is 2. The van der Waals surface area contributed by atoms with Gasteiger partial charge in [-0.3, -0.25) is 9.69 Å². The van der Waals surface area contributed by atoms with Crippen molar-refractivity contribution in [3.05, 3.63) is 122 Å². The Labute approximate surface area is 265 Å². The Bertz CT molecular complexity index is 1760. The maximum absolute atomic E-state index is 13.7. The molecule has 224 valence electrons. The van der Waals surface area contributed by atoms with E-state index in [1.165, 1.54) is 43.1 Å². The highest BCUT2D eigenvalue weighted by Crippen LogP contribution is 2.40. The van der Waals surface area contributed by atoms with Crippen LogP contribution in [0.1, 0.15) is 27.0 Å². The van der Waals surface area contributed by atoms with E-state index in [9.17, 15) is 19.1 Å². The third-order valence-electron chi connectivity index (χ3n) is 6.55. The minimum atomic E-state index is -1.02. The molecule has 0 atom stereocenters. The van der Waals surface area contributed by atoms with Gasteiger partial charge in [-0.2, -0.15) is 0 Å². The Balaban J connectivity index is 1.44. The van der Waals surface area contributed by atoms with E-state index >= 15 is 0 Å². The summed E-state index contributed by atoms with van der Waals surface area (Å²) in [7, 11) is 3.09. The van der Waals surface area contributed by atoms with Crippen molar-refractivity contribution in [1.82, 2.24) is 4.90 Å². The van der Waals surface area contributed by atoms with E-state index in [2.05, 4.69) is 15.9 Å². The lowest BCUT2D eigenvalue weighted by molar-refractivity contribution is -0.122. The SMILES string of the molecule is COc1ccc(N=C2S/C(=C\c3cc(Br)c(OCc4cccc(F)c4)c(OC)c3)C(=O)N2Cc2ccc(C(=O)O)cc2)cc1. The molecular formula is C33H26BrFN2O6S. The summed E-state index contributed by atoms with van der Waals surface area (Å²) in [5.41, 5.74) is 2.89. The van der Waals surface area contributed by atoms with Crippen molar-refractivity contribution in [1.29, 1.82) is 0 Å². The van der Waals surface area contributed by atoms with Gasteiger partial charge < -0.3 is 19.3 Å². The van der Waals surface area contributed by atoms with Crippen LogP contribution in [0.3, 0.4) is 0 Å². The van der Waals surface area contributed by atoms with Gasteiger partial charge in [0.25, 0.3) is 5.91 Å². The zero-order valence-corrected chi connectivity index (χ0v) is 26.0. The van der Waals surface area contributed by atoms with Crippen molar-refractivity contribution in [2.45, 2.75) is 13.2 Å². The largest absolute Gasteiger partial charge is 0.497 e. The van der Waals surface area contributed by atoms with Crippen molar-refractivity contribution in [3.8, 4) is 17.2 Å². The molecule has 1 saturated heterocycles. The molecule has 1 fully saturated rings. The standard InChI is InChI=1S/C33H26BrFN2O6S/c1-41-26-12-10-25(11-13-26)36-33-37(18-20-6-8-23(9-7-20)32(39)40)31(38)29(44-33)17-22-15-27(34)30(28(16-22)42-2)43-19-21-4-3-5-24(35)14-21/h3-17H,18-19H2,1-2H3,(H,39,40)/b29-17-,36-33?. The van der Waals surface area contributed by atoms with Crippen LogP contribution >= 0.6 is 27.7 Å². The topological polar surface area (TPSA) is 97.7 Å². The van der Waals surface area contributed by atoms with Crippen LogP contribution in [-0.4, -0.2) is 41.3 Å². The summed E-state index contributed by atoms with van der Waals surface area (Å²) in [6, 6.07) is 23.2. The molecule has 0 aromatic heterocycles. The second-order valence-electron chi connectivity index (χ2n) is 9.55. The highest BCUT2D eigenvalue weighted by molar-refractivity contribution is 9.10. The molecule has 44 heavy (non-hydrogen) atoms. The van der Waals surface area contributed by atoms with Crippen LogP contribution in [0, 0.1) is 5.82 Å². The minimum absolute atomic E-state index is 0.134. The van der Waals surface area contributed by atoms with Gasteiger partial charge in [0.15, 0.2) is 16.7 Å². The molecule has 0 bridgehead atoms. The number of thioether (sulfide) groups is 1. The van der Waals surface area contributed by atoms with Gasteiger partial charge >= 0.3 is 5.97 Å². The molecule has 0 spiro atoms. The molecular weight excluding hydrogens is 651 g/mol. The minimum Gasteiger partial charge on any atom is -0.497 e. The fraction of sp³-hybridized carbons (Fsp3) is 0.121. The molecule has 8 nitrogen and oxygen atoms in total. The molecule has 0 aliphatic carbocycles. The summed E-state index contributed by atoms with van der Waals surface area (Å²) < 4.78 is 31.0.